The molecule has 3 aliphatic rings. The number of carbonyl (C=O) groups is 1. The Labute approximate surface area is 181 Å². The van der Waals surface area contributed by atoms with Crippen molar-refractivity contribution in [2.24, 2.45) is 5.92 Å². The van der Waals surface area contributed by atoms with Crippen LogP contribution in [0, 0.1) is 5.92 Å². The lowest BCUT2D eigenvalue weighted by Gasteiger charge is -2.38. The third-order valence-electron chi connectivity index (χ3n) is 6.32. The first kappa shape index (κ1) is 20.3. The number of amides is 1. The van der Waals surface area contributed by atoms with Crippen LogP contribution in [-0.4, -0.2) is 92.8 Å². The van der Waals surface area contributed by atoms with E-state index in [9.17, 15) is 13.2 Å². The zero-order valence-electron chi connectivity index (χ0n) is 17.2. The van der Waals surface area contributed by atoms with Gasteiger partial charge in [-0.2, -0.15) is 9.40 Å². The monoisotopic (exact) mass is 446 g/mol. The second kappa shape index (κ2) is 8.15. The van der Waals surface area contributed by atoms with Gasteiger partial charge in [0.2, 0.25) is 15.9 Å². The van der Waals surface area contributed by atoms with Crippen LogP contribution in [0.25, 0.3) is 5.82 Å². The summed E-state index contributed by atoms with van der Waals surface area (Å²) in [6.07, 6.45) is 7.61. The molecule has 12 heteroatoms. The average molecular weight is 447 g/mol. The number of hydrogen-bond donors (Lipinski definition) is 0. The molecule has 0 N–H and O–H groups in total. The van der Waals surface area contributed by atoms with Gasteiger partial charge in [0.15, 0.2) is 5.82 Å². The SMILES string of the molecule is O=C(C1CCN(c2cc(-n3cncn3)ncn2)CC1)N1CCN(S(=O)(=O)C2CC2)CC1. The predicted octanol–water partition coefficient (Wildman–Crippen LogP) is -0.0899. The van der Waals surface area contributed by atoms with Crippen LogP contribution in [0.5, 0.6) is 0 Å². The zero-order chi connectivity index (χ0) is 21.4. The van der Waals surface area contributed by atoms with Crippen LogP contribution in [0.4, 0.5) is 5.82 Å². The Morgan fingerprint density at radius 1 is 0.903 bits per heavy atom. The molecule has 1 aliphatic carbocycles. The fourth-order valence-corrected chi connectivity index (χ4v) is 6.14. The average Bonchev–Trinajstić information content (AvgIpc) is 3.54. The van der Waals surface area contributed by atoms with Gasteiger partial charge in [-0.3, -0.25) is 4.79 Å². The molecule has 2 aromatic rings. The van der Waals surface area contributed by atoms with Crippen molar-refractivity contribution in [3.63, 3.8) is 0 Å². The number of nitrogens with zero attached hydrogens (tertiary/aromatic N) is 8. The second-order valence-electron chi connectivity index (χ2n) is 8.30. The van der Waals surface area contributed by atoms with E-state index in [4.69, 9.17) is 0 Å². The summed E-state index contributed by atoms with van der Waals surface area (Å²) in [5.41, 5.74) is 0. The van der Waals surface area contributed by atoms with Gasteiger partial charge in [0.25, 0.3) is 0 Å². The van der Waals surface area contributed by atoms with Crippen LogP contribution in [0.2, 0.25) is 0 Å². The van der Waals surface area contributed by atoms with Gasteiger partial charge in [-0.05, 0) is 25.7 Å². The number of piperazine rings is 1. The topological polar surface area (TPSA) is 117 Å². The Hall–Kier alpha value is -2.60. The molecule has 2 aliphatic heterocycles. The zero-order valence-corrected chi connectivity index (χ0v) is 18.1. The first-order valence-corrected chi connectivity index (χ1v) is 12.2. The van der Waals surface area contributed by atoms with E-state index in [-0.39, 0.29) is 17.1 Å². The summed E-state index contributed by atoms with van der Waals surface area (Å²) >= 11 is 0. The third-order valence-corrected chi connectivity index (χ3v) is 8.71. The number of anilines is 1. The Morgan fingerprint density at radius 2 is 1.61 bits per heavy atom. The third kappa shape index (κ3) is 4.13. The van der Waals surface area contributed by atoms with Crippen LogP contribution in [0.1, 0.15) is 25.7 Å². The Bertz CT molecular complexity index is 1020. The van der Waals surface area contributed by atoms with Crippen molar-refractivity contribution < 1.29 is 13.2 Å². The first-order valence-electron chi connectivity index (χ1n) is 10.7. The van der Waals surface area contributed by atoms with E-state index < -0.39 is 10.0 Å². The molecular formula is C19H26N8O3S. The molecule has 31 heavy (non-hydrogen) atoms. The Kier molecular flexibility index (Phi) is 5.34. The molecule has 0 atom stereocenters. The number of rotatable bonds is 5. The lowest BCUT2D eigenvalue weighted by atomic mass is 9.95. The van der Waals surface area contributed by atoms with Gasteiger partial charge in [-0.1, -0.05) is 0 Å². The summed E-state index contributed by atoms with van der Waals surface area (Å²) < 4.78 is 27.9. The lowest BCUT2D eigenvalue weighted by molar-refractivity contribution is -0.137. The van der Waals surface area contributed by atoms with Gasteiger partial charge >= 0.3 is 0 Å². The summed E-state index contributed by atoms with van der Waals surface area (Å²) in [6.45, 7) is 3.27. The fourth-order valence-electron chi connectivity index (χ4n) is 4.32. The molecule has 3 fully saturated rings. The largest absolute Gasteiger partial charge is 0.356 e. The van der Waals surface area contributed by atoms with E-state index in [1.54, 1.807) is 15.3 Å². The van der Waals surface area contributed by atoms with Crippen LogP contribution >= 0.6 is 0 Å². The maximum atomic E-state index is 13.0. The van der Waals surface area contributed by atoms with Crippen LogP contribution in [-0.2, 0) is 14.8 Å². The molecule has 0 aromatic carbocycles. The number of piperidine rings is 1. The molecule has 166 valence electrons. The van der Waals surface area contributed by atoms with E-state index in [1.165, 1.54) is 12.7 Å². The summed E-state index contributed by atoms with van der Waals surface area (Å²) in [4.78, 5) is 29.6. The molecule has 2 aromatic heterocycles. The highest BCUT2D eigenvalue weighted by Crippen LogP contribution is 2.32. The maximum Gasteiger partial charge on any atom is 0.225 e. The number of aromatic nitrogens is 5. The Morgan fingerprint density at radius 3 is 2.26 bits per heavy atom. The minimum atomic E-state index is -3.15. The Balaban J connectivity index is 1.15. The van der Waals surface area contributed by atoms with E-state index >= 15 is 0 Å². The highest BCUT2D eigenvalue weighted by atomic mass is 32.2. The molecular weight excluding hydrogens is 420 g/mol. The summed E-state index contributed by atoms with van der Waals surface area (Å²) in [5, 5.41) is 3.91. The number of hydrogen-bond acceptors (Lipinski definition) is 8. The lowest BCUT2D eigenvalue weighted by Crippen LogP contribution is -2.53. The van der Waals surface area contributed by atoms with Crippen molar-refractivity contribution in [2.45, 2.75) is 30.9 Å². The summed E-state index contributed by atoms with van der Waals surface area (Å²) in [7, 11) is -3.15. The van der Waals surface area contributed by atoms with Crippen molar-refractivity contribution in [1.29, 1.82) is 0 Å². The van der Waals surface area contributed by atoms with Gasteiger partial charge in [0, 0.05) is 51.3 Å². The number of carbonyl (C=O) groups excluding carboxylic acids is 1. The highest BCUT2D eigenvalue weighted by Gasteiger charge is 2.41. The molecule has 5 rings (SSSR count). The quantitative estimate of drug-likeness (QED) is 0.625. The van der Waals surface area contributed by atoms with Gasteiger partial charge < -0.3 is 9.80 Å². The van der Waals surface area contributed by atoms with Gasteiger partial charge in [0.1, 0.15) is 24.8 Å². The molecule has 11 nitrogen and oxygen atoms in total. The van der Waals surface area contributed by atoms with E-state index in [0.717, 1.165) is 44.6 Å². The van der Waals surface area contributed by atoms with Gasteiger partial charge in [0.05, 0.1) is 5.25 Å². The van der Waals surface area contributed by atoms with E-state index in [1.807, 2.05) is 11.0 Å². The second-order valence-corrected chi connectivity index (χ2v) is 10.5. The number of sulfonamides is 1. The fraction of sp³-hybridized carbons (Fsp3) is 0.632. The standard InChI is InChI=1S/C19H26N8O3S/c28-19(25-7-9-26(10-8-25)31(29,30)16-1-2-16)15-3-5-24(6-4-15)17-11-18(22-13-21-17)27-14-20-12-23-27/h11-16H,1-10H2. The molecule has 0 bridgehead atoms. The van der Waals surface area contributed by atoms with Crippen molar-refractivity contribution in [2.75, 3.05) is 44.2 Å². The van der Waals surface area contributed by atoms with Crippen molar-refractivity contribution >= 4 is 21.7 Å². The highest BCUT2D eigenvalue weighted by molar-refractivity contribution is 7.90. The molecule has 1 amide bonds. The van der Waals surface area contributed by atoms with Crippen molar-refractivity contribution in [3.05, 3.63) is 25.0 Å². The molecule has 1 saturated carbocycles. The minimum absolute atomic E-state index is 0.0283. The van der Waals surface area contributed by atoms with E-state index in [0.29, 0.717) is 32.0 Å². The van der Waals surface area contributed by atoms with Crippen LogP contribution in [0.3, 0.4) is 0 Å². The van der Waals surface area contributed by atoms with E-state index in [2.05, 4.69) is 25.0 Å². The van der Waals surface area contributed by atoms with Gasteiger partial charge in [-0.15, -0.1) is 0 Å². The molecule has 2 saturated heterocycles. The van der Waals surface area contributed by atoms with Crippen LogP contribution < -0.4 is 4.90 Å². The molecule has 0 unspecified atom stereocenters. The molecule has 4 heterocycles. The molecule has 0 radical (unpaired) electrons. The van der Waals surface area contributed by atoms with Crippen molar-refractivity contribution in [3.8, 4) is 5.82 Å². The summed E-state index contributed by atoms with van der Waals surface area (Å²) in [6, 6.07) is 1.87. The smallest absolute Gasteiger partial charge is 0.225 e. The predicted molar refractivity (Wildman–Crippen MR) is 112 cm³/mol. The first-order chi connectivity index (χ1) is 15.0. The maximum absolute atomic E-state index is 13.0. The van der Waals surface area contributed by atoms with Crippen molar-refractivity contribution in [1.82, 2.24) is 33.9 Å². The van der Waals surface area contributed by atoms with Gasteiger partial charge in [-0.25, -0.2) is 28.1 Å². The summed E-state index contributed by atoms with van der Waals surface area (Å²) in [5.74, 6) is 1.58. The molecule has 0 spiro atoms. The minimum Gasteiger partial charge on any atom is -0.356 e. The normalized spacial score (nSPS) is 21.4. The van der Waals surface area contributed by atoms with Crippen LogP contribution in [0.15, 0.2) is 25.0 Å².